The van der Waals surface area contributed by atoms with Crippen LogP contribution in [-0.4, -0.2) is 18.3 Å². The van der Waals surface area contributed by atoms with Crippen molar-refractivity contribution in [2.75, 3.05) is 7.11 Å². The van der Waals surface area contributed by atoms with Gasteiger partial charge < -0.3 is 15.2 Å². The SMILES string of the molecule is COc1ccc(CNC2CCCC2)c(O)c1. The van der Waals surface area contributed by atoms with Crippen molar-refractivity contribution in [2.24, 2.45) is 0 Å². The second-order valence-corrected chi connectivity index (χ2v) is 4.36. The summed E-state index contributed by atoms with van der Waals surface area (Å²) in [6, 6.07) is 6.08. The predicted octanol–water partition coefficient (Wildman–Crippen LogP) is 2.43. The third-order valence-electron chi connectivity index (χ3n) is 3.23. The molecule has 0 aliphatic heterocycles. The Bertz CT molecular complexity index is 346. The van der Waals surface area contributed by atoms with Gasteiger partial charge in [0, 0.05) is 24.2 Å². The molecule has 0 heterocycles. The number of ether oxygens (including phenoxy) is 1. The van der Waals surface area contributed by atoms with Crippen molar-refractivity contribution in [3.63, 3.8) is 0 Å². The molecule has 0 radical (unpaired) electrons. The number of phenols is 1. The minimum atomic E-state index is 0.310. The standard InChI is InChI=1S/C13H19NO2/c1-16-12-7-6-10(13(15)8-12)9-14-11-4-2-3-5-11/h6-8,11,14-15H,2-5,9H2,1H3. The van der Waals surface area contributed by atoms with Crippen molar-refractivity contribution in [3.05, 3.63) is 23.8 Å². The molecule has 1 aromatic rings. The van der Waals surface area contributed by atoms with Crippen LogP contribution in [0.15, 0.2) is 18.2 Å². The molecule has 1 aliphatic carbocycles. The van der Waals surface area contributed by atoms with Crippen LogP contribution >= 0.6 is 0 Å². The summed E-state index contributed by atoms with van der Waals surface area (Å²) in [5.74, 6) is 1.01. The molecule has 0 amide bonds. The monoisotopic (exact) mass is 221 g/mol. The van der Waals surface area contributed by atoms with E-state index in [-0.39, 0.29) is 0 Å². The lowest BCUT2D eigenvalue weighted by atomic mass is 10.1. The van der Waals surface area contributed by atoms with Crippen LogP contribution in [0.3, 0.4) is 0 Å². The largest absolute Gasteiger partial charge is 0.507 e. The van der Waals surface area contributed by atoms with Crippen LogP contribution in [0.25, 0.3) is 0 Å². The molecule has 1 fully saturated rings. The maximum atomic E-state index is 9.78. The lowest BCUT2D eigenvalue weighted by molar-refractivity contribution is 0.405. The van der Waals surface area contributed by atoms with Crippen LogP contribution in [0.5, 0.6) is 11.5 Å². The first-order valence-corrected chi connectivity index (χ1v) is 5.89. The van der Waals surface area contributed by atoms with Crippen LogP contribution in [0.2, 0.25) is 0 Å². The van der Waals surface area contributed by atoms with E-state index in [2.05, 4.69) is 5.32 Å². The highest BCUT2D eigenvalue weighted by Crippen LogP contribution is 2.24. The van der Waals surface area contributed by atoms with Crippen molar-refractivity contribution in [3.8, 4) is 11.5 Å². The van der Waals surface area contributed by atoms with Crippen molar-refractivity contribution in [1.82, 2.24) is 5.32 Å². The topological polar surface area (TPSA) is 41.5 Å². The van der Waals surface area contributed by atoms with E-state index >= 15 is 0 Å². The van der Waals surface area contributed by atoms with Gasteiger partial charge in [0.1, 0.15) is 11.5 Å². The maximum absolute atomic E-state index is 9.78. The highest BCUT2D eigenvalue weighted by Gasteiger charge is 2.14. The Labute approximate surface area is 96.4 Å². The van der Waals surface area contributed by atoms with Gasteiger partial charge in [-0.15, -0.1) is 0 Å². The van der Waals surface area contributed by atoms with E-state index < -0.39 is 0 Å². The first-order chi connectivity index (χ1) is 7.79. The fraction of sp³-hybridized carbons (Fsp3) is 0.538. The summed E-state index contributed by atoms with van der Waals surface area (Å²) in [6.07, 6.45) is 5.17. The molecule has 16 heavy (non-hydrogen) atoms. The van der Waals surface area contributed by atoms with Crippen molar-refractivity contribution in [2.45, 2.75) is 38.3 Å². The average Bonchev–Trinajstić information content (AvgIpc) is 2.80. The maximum Gasteiger partial charge on any atom is 0.123 e. The fourth-order valence-electron chi connectivity index (χ4n) is 2.20. The lowest BCUT2D eigenvalue weighted by Gasteiger charge is -2.13. The molecular weight excluding hydrogens is 202 g/mol. The zero-order valence-electron chi connectivity index (χ0n) is 9.70. The van der Waals surface area contributed by atoms with Crippen LogP contribution < -0.4 is 10.1 Å². The van der Waals surface area contributed by atoms with Crippen molar-refractivity contribution >= 4 is 0 Å². The third-order valence-corrected chi connectivity index (χ3v) is 3.23. The highest BCUT2D eigenvalue weighted by atomic mass is 16.5. The third kappa shape index (κ3) is 2.67. The lowest BCUT2D eigenvalue weighted by Crippen LogP contribution is -2.25. The molecule has 1 aliphatic rings. The van der Waals surface area contributed by atoms with Crippen molar-refractivity contribution < 1.29 is 9.84 Å². The summed E-state index contributed by atoms with van der Waals surface area (Å²) >= 11 is 0. The quantitative estimate of drug-likeness (QED) is 0.820. The molecule has 0 aromatic heterocycles. The van der Waals surface area contributed by atoms with Crippen LogP contribution in [-0.2, 0) is 6.54 Å². The average molecular weight is 221 g/mol. The van der Waals surface area contributed by atoms with Crippen molar-refractivity contribution in [1.29, 1.82) is 0 Å². The summed E-state index contributed by atoms with van der Waals surface area (Å²) < 4.78 is 5.05. The van der Waals surface area contributed by atoms with E-state index in [4.69, 9.17) is 4.74 Å². The van der Waals surface area contributed by atoms with Crippen LogP contribution in [0.1, 0.15) is 31.2 Å². The molecule has 0 atom stereocenters. The Kier molecular flexibility index (Phi) is 3.67. The first kappa shape index (κ1) is 11.3. The van der Waals surface area contributed by atoms with E-state index in [1.165, 1.54) is 25.7 Å². The number of aromatic hydroxyl groups is 1. The Hall–Kier alpha value is -1.22. The summed E-state index contributed by atoms with van der Waals surface area (Å²) in [6.45, 7) is 0.737. The van der Waals surface area contributed by atoms with Gasteiger partial charge in [0.25, 0.3) is 0 Å². The Balaban J connectivity index is 1.93. The van der Waals surface area contributed by atoms with Crippen LogP contribution in [0, 0.1) is 0 Å². The number of benzene rings is 1. The van der Waals surface area contributed by atoms with Gasteiger partial charge in [-0.05, 0) is 18.9 Å². The zero-order valence-corrected chi connectivity index (χ0v) is 9.70. The van der Waals surface area contributed by atoms with Gasteiger partial charge in [0.05, 0.1) is 7.11 Å². The Morgan fingerprint density at radius 1 is 1.38 bits per heavy atom. The summed E-state index contributed by atoms with van der Waals surface area (Å²) in [4.78, 5) is 0. The van der Waals surface area contributed by atoms with E-state index in [1.807, 2.05) is 12.1 Å². The van der Waals surface area contributed by atoms with E-state index in [9.17, 15) is 5.11 Å². The smallest absolute Gasteiger partial charge is 0.123 e. The minimum absolute atomic E-state index is 0.310. The molecule has 0 bridgehead atoms. The van der Waals surface area contributed by atoms with Gasteiger partial charge in [-0.3, -0.25) is 0 Å². The van der Waals surface area contributed by atoms with Gasteiger partial charge in [0.2, 0.25) is 0 Å². The predicted molar refractivity (Wildman–Crippen MR) is 63.8 cm³/mol. The Morgan fingerprint density at radius 3 is 2.75 bits per heavy atom. The number of nitrogens with one attached hydrogen (secondary N) is 1. The van der Waals surface area contributed by atoms with Gasteiger partial charge in [-0.2, -0.15) is 0 Å². The second-order valence-electron chi connectivity index (χ2n) is 4.36. The van der Waals surface area contributed by atoms with Gasteiger partial charge >= 0.3 is 0 Å². The normalized spacial score (nSPS) is 16.6. The van der Waals surface area contributed by atoms with Crippen LogP contribution in [0.4, 0.5) is 0 Å². The van der Waals surface area contributed by atoms with Gasteiger partial charge in [0.15, 0.2) is 0 Å². The number of phenolic OH excluding ortho intramolecular Hbond substituents is 1. The molecule has 88 valence electrons. The van der Waals surface area contributed by atoms with E-state index in [0.717, 1.165) is 12.1 Å². The van der Waals surface area contributed by atoms with Gasteiger partial charge in [-0.25, -0.2) is 0 Å². The first-order valence-electron chi connectivity index (χ1n) is 5.89. The number of hydrogen-bond acceptors (Lipinski definition) is 3. The molecule has 1 saturated carbocycles. The molecule has 2 rings (SSSR count). The zero-order chi connectivity index (χ0) is 11.4. The minimum Gasteiger partial charge on any atom is -0.507 e. The number of rotatable bonds is 4. The molecule has 0 saturated heterocycles. The molecule has 3 nitrogen and oxygen atoms in total. The summed E-state index contributed by atoms with van der Waals surface area (Å²) in [7, 11) is 1.60. The molecule has 1 aromatic carbocycles. The molecule has 0 spiro atoms. The molecule has 2 N–H and O–H groups in total. The van der Waals surface area contributed by atoms with E-state index in [0.29, 0.717) is 17.5 Å². The molecule has 0 unspecified atom stereocenters. The summed E-state index contributed by atoms with van der Waals surface area (Å²) in [5.41, 5.74) is 0.938. The van der Waals surface area contributed by atoms with E-state index in [1.54, 1.807) is 13.2 Å². The highest BCUT2D eigenvalue weighted by molar-refractivity contribution is 5.39. The fourth-order valence-corrected chi connectivity index (χ4v) is 2.20. The van der Waals surface area contributed by atoms with Gasteiger partial charge in [-0.1, -0.05) is 18.9 Å². The summed E-state index contributed by atoms with van der Waals surface area (Å²) in [5, 5.41) is 13.3. The number of hydrogen-bond donors (Lipinski definition) is 2. The Morgan fingerprint density at radius 2 is 2.12 bits per heavy atom. The number of methoxy groups -OCH3 is 1. The second kappa shape index (κ2) is 5.21. The molecule has 3 heteroatoms. The molecular formula is C13H19NO2.